The van der Waals surface area contributed by atoms with Crippen LogP contribution < -0.4 is 16.2 Å². The summed E-state index contributed by atoms with van der Waals surface area (Å²) in [5.74, 6) is 0. The van der Waals surface area contributed by atoms with E-state index in [1.54, 1.807) is 30.1 Å². The summed E-state index contributed by atoms with van der Waals surface area (Å²) in [5, 5.41) is 5.85. The molecule has 0 aliphatic heterocycles. The predicted octanol–water partition coefficient (Wildman–Crippen LogP) is 1.14. The quantitative estimate of drug-likeness (QED) is 0.892. The molecule has 1 atom stereocenters. The van der Waals surface area contributed by atoms with Crippen molar-refractivity contribution in [1.29, 1.82) is 0 Å². The molecule has 2 aromatic heterocycles. The van der Waals surface area contributed by atoms with Gasteiger partial charge >= 0.3 is 6.03 Å². The number of urea groups is 1. The van der Waals surface area contributed by atoms with Crippen LogP contribution in [0.3, 0.4) is 0 Å². The van der Waals surface area contributed by atoms with Gasteiger partial charge in [0.05, 0.1) is 0 Å². The van der Waals surface area contributed by atoms with E-state index in [9.17, 15) is 9.59 Å². The average Bonchev–Trinajstić information content (AvgIpc) is 2.57. The molecular weight excluding hydrogens is 292 g/mol. The van der Waals surface area contributed by atoms with E-state index >= 15 is 0 Å². The summed E-state index contributed by atoms with van der Waals surface area (Å²) >= 11 is 0. The molecule has 3 rings (SSSR count). The average molecular weight is 312 g/mol. The molecule has 2 N–H and O–H groups in total. The maximum absolute atomic E-state index is 12.0. The van der Waals surface area contributed by atoms with E-state index in [0.717, 1.165) is 36.1 Å². The van der Waals surface area contributed by atoms with Crippen LogP contribution in [0, 0.1) is 0 Å². The summed E-state index contributed by atoms with van der Waals surface area (Å²) in [6.07, 6.45) is 5.83. The molecule has 0 fully saturated rings. The Morgan fingerprint density at radius 3 is 3.04 bits per heavy atom. The number of hydrogen-bond donors (Lipinski definition) is 2. The molecule has 120 valence electrons. The Kier molecular flexibility index (Phi) is 4.41. The van der Waals surface area contributed by atoms with Crippen LogP contribution in [0.4, 0.5) is 4.79 Å². The number of fused-ring (bicyclic) bond motifs is 1. The highest BCUT2D eigenvalue weighted by Gasteiger charge is 2.21. The third-order valence-corrected chi connectivity index (χ3v) is 4.24. The van der Waals surface area contributed by atoms with E-state index in [1.165, 1.54) is 0 Å². The van der Waals surface area contributed by atoms with Gasteiger partial charge in [0, 0.05) is 43.8 Å². The number of nitrogens with zero attached hydrogens (tertiary/aromatic N) is 2. The second-order valence-corrected chi connectivity index (χ2v) is 5.83. The molecule has 0 aromatic carbocycles. The summed E-state index contributed by atoms with van der Waals surface area (Å²) in [6, 6.07) is 7.14. The highest BCUT2D eigenvalue weighted by atomic mass is 16.2. The van der Waals surface area contributed by atoms with Crippen molar-refractivity contribution >= 4 is 6.03 Å². The zero-order valence-corrected chi connectivity index (χ0v) is 13.1. The first-order valence-corrected chi connectivity index (χ1v) is 7.74. The lowest BCUT2D eigenvalue weighted by Gasteiger charge is -2.26. The van der Waals surface area contributed by atoms with Gasteiger partial charge in [-0.05, 0) is 36.5 Å². The molecule has 1 aliphatic rings. The Morgan fingerprint density at radius 2 is 2.26 bits per heavy atom. The third kappa shape index (κ3) is 3.59. The summed E-state index contributed by atoms with van der Waals surface area (Å²) in [5.41, 5.74) is 3.19. The van der Waals surface area contributed by atoms with Gasteiger partial charge in [-0.3, -0.25) is 9.78 Å². The Labute approximate surface area is 134 Å². The Hall–Kier alpha value is -2.63. The number of nitrogens with one attached hydrogen (secondary N) is 2. The van der Waals surface area contributed by atoms with Crippen LogP contribution >= 0.6 is 0 Å². The monoisotopic (exact) mass is 312 g/mol. The Bertz CT molecular complexity index is 755. The van der Waals surface area contributed by atoms with E-state index in [1.807, 2.05) is 18.2 Å². The standard InChI is InChI=1S/C17H20N4O2/c1-21-15-6-5-14(9-13(15)4-7-16(21)22)20-17(23)19-11-12-3-2-8-18-10-12/h2-4,7-8,10,14H,5-6,9,11H2,1H3,(H2,19,20,23)/t14-/m1/s1. The smallest absolute Gasteiger partial charge is 0.315 e. The fourth-order valence-electron chi connectivity index (χ4n) is 2.97. The first-order chi connectivity index (χ1) is 11.1. The first-order valence-electron chi connectivity index (χ1n) is 7.74. The molecule has 0 unspecified atom stereocenters. The zero-order valence-electron chi connectivity index (χ0n) is 13.1. The number of aromatic nitrogens is 2. The van der Waals surface area contributed by atoms with Crippen LogP contribution in [-0.4, -0.2) is 21.6 Å². The topological polar surface area (TPSA) is 76.0 Å². The Morgan fingerprint density at radius 1 is 1.39 bits per heavy atom. The number of amides is 2. The van der Waals surface area contributed by atoms with E-state index in [-0.39, 0.29) is 17.6 Å². The van der Waals surface area contributed by atoms with E-state index in [0.29, 0.717) is 6.54 Å². The van der Waals surface area contributed by atoms with Crippen molar-refractivity contribution in [2.45, 2.75) is 31.8 Å². The molecule has 0 bridgehead atoms. The van der Waals surface area contributed by atoms with Crippen LogP contribution in [0.15, 0.2) is 41.5 Å². The van der Waals surface area contributed by atoms with Crippen LogP contribution in [0.5, 0.6) is 0 Å². The highest BCUT2D eigenvalue weighted by molar-refractivity contribution is 5.74. The lowest BCUT2D eigenvalue weighted by molar-refractivity contribution is 0.235. The largest absolute Gasteiger partial charge is 0.335 e. The Balaban J connectivity index is 1.56. The molecule has 6 nitrogen and oxygen atoms in total. The van der Waals surface area contributed by atoms with Crippen LogP contribution in [0.25, 0.3) is 0 Å². The van der Waals surface area contributed by atoms with Crippen LogP contribution in [0.2, 0.25) is 0 Å². The molecule has 1 aliphatic carbocycles. The van der Waals surface area contributed by atoms with E-state index in [4.69, 9.17) is 0 Å². The van der Waals surface area contributed by atoms with Crippen molar-refractivity contribution in [2.24, 2.45) is 7.05 Å². The van der Waals surface area contributed by atoms with Crippen molar-refractivity contribution < 1.29 is 4.79 Å². The van der Waals surface area contributed by atoms with Crippen molar-refractivity contribution in [3.8, 4) is 0 Å². The molecule has 0 saturated heterocycles. The molecule has 6 heteroatoms. The fraction of sp³-hybridized carbons (Fsp3) is 0.353. The number of carbonyl (C=O) groups excluding carboxylic acids is 1. The summed E-state index contributed by atoms with van der Waals surface area (Å²) in [4.78, 5) is 27.7. The minimum Gasteiger partial charge on any atom is -0.335 e. The molecule has 2 aromatic rings. The molecule has 2 heterocycles. The van der Waals surface area contributed by atoms with Crippen LogP contribution in [0.1, 0.15) is 23.2 Å². The van der Waals surface area contributed by atoms with Crippen molar-refractivity contribution in [1.82, 2.24) is 20.2 Å². The van der Waals surface area contributed by atoms with Gasteiger partial charge in [0.15, 0.2) is 0 Å². The SMILES string of the molecule is Cn1c2c(ccc1=O)C[C@H](NC(=O)NCc1cccnc1)CC2. The summed E-state index contributed by atoms with van der Waals surface area (Å²) in [7, 11) is 1.80. The second kappa shape index (κ2) is 6.64. The molecule has 0 spiro atoms. The van der Waals surface area contributed by atoms with E-state index in [2.05, 4.69) is 15.6 Å². The van der Waals surface area contributed by atoms with E-state index < -0.39 is 0 Å². The number of rotatable bonds is 3. The number of hydrogen-bond acceptors (Lipinski definition) is 3. The fourth-order valence-corrected chi connectivity index (χ4v) is 2.97. The van der Waals surface area contributed by atoms with Crippen molar-refractivity contribution in [3.63, 3.8) is 0 Å². The van der Waals surface area contributed by atoms with Gasteiger partial charge < -0.3 is 15.2 Å². The molecular formula is C17H20N4O2. The maximum atomic E-state index is 12.0. The second-order valence-electron chi connectivity index (χ2n) is 5.83. The predicted molar refractivity (Wildman–Crippen MR) is 87.1 cm³/mol. The summed E-state index contributed by atoms with van der Waals surface area (Å²) < 4.78 is 1.70. The maximum Gasteiger partial charge on any atom is 0.315 e. The molecule has 2 amide bonds. The normalized spacial score (nSPS) is 16.5. The van der Waals surface area contributed by atoms with Gasteiger partial charge in [-0.1, -0.05) is 12.1 Å². The minimum atomic E-state index is -0.174. The van der Waals surface area contributed by atoms with Crippen molar-refractivity contribution in [2.75, 3.05) is 0 Å². The van der Waals surface area contributed by atoms with Gasteiger partial charge in [-0.25, -0.2) is 4.79 Å². The zero-order chi connectivity index (χ0) is 16.2. The van der Waals surface area contributed by atoms with Gasteiger partial charge in [-0.15, -0.1) is 0 Å². The molecule has 23 heavy (non-hydrogen) atoms. The van der Waals surface area contributed by atoms with Crippen molar-refractivity contribution in [3.05, 3.63) is 63.8 Å². The highest BCUT2D eigenvalue weighted by Crippen LogP contribution is 2.19. The number of carbonyl (C=O) groups is 1. The van der Waals surface area contributed by atoms with Gasteiger partial charge in [-0.2, -0.15) is 0 Å². The van der Waals surface area contributed by atoms with Gasteiger partial charge in [0.1, 0.15) is 0 Å². The molecule has 0 saturated carbocycles. The van der Waals surface area contributed by atoms with Gasteiger partial charge in [0.25, 0.3) is 0 Å². The summed E-state index contributed by atoms with van der Waals surface area (Å²) in [6.45, 7) is 0.456. The lowest BCUT2D eigenvalue weighted by atomic mass is 9.91. The lowest BCUT2D eigenvalue weighted by Crippen LogP contribution is -2.45. The number of pyridine rings is 2. The van der Waals surface area contributed by atoms with Crippen LogP contribution in [-0.2, 0) is 26.4 Å². The third-order valence-electron chi connectivity index (χ3n) is 4.24. The minimum absolute atomic E-state index is 0.0179. The molecule has 0 radical (unpaired) electrons. The van der Waals surface area contributed by atoms with Gasteiger partial charge in [0.2, 0.25) is 5.56 Å². The first kappa shape index (κ1) is 15.3.